The fraction of sp³-hybridized carbons (Fsp3) is 0.667. The standard InChI is InChI=1S/C18H29NO2/c1-18(2,3)16-8-4-5-9-17(16)21-15-14-20-13-12-19-10-6-7-11-19/h4-5,8-9H,6-7,10-15H2,1-3H3/p+1. The van der Waals surface area contributed by atoms with E-state index in [1.54, 1.807) is 4.90 Å². The van der Waals surface area contributed by atoms with E-state index < -0.39 is 0 Å². The van der Waals surface area contributed by atoms with Gasteiger partial charge in [-0.3, -0.25) is 0 Å². The Bertz CT molecular complexity index is 419. The van der Waals surface area contributed by atoms with Gasteiger partial charge in [0.15, 0.2) is 0 Å². The molecule has 1 aliphatic heterocycles. The van der Waals surface area contributed by atoms with E-state index >= 15 is 0 Å². The Morgan fingerprint density at radius 3 is 2.43 bits per heavy atom. The lowest BCUT2D eigenvalue weighted by Gasteiger charge is -2.22. The topological polar surface area (TPSA) is 22.9 Å². The van der Waals surface area contributed by atoms with Crippen LogP contribution < -0.4 is 9.64 Å². The van der Waals surface area contributed by atoms with Gasteiger partial charge in [-0.05, 0) is 17.0 Å². The van der Waals surface area contributed by atoms with Crippen molar-refractivity contribution < 1.29 is 14.4 Å². The summed E-state index contributed by atoms with van der Waals surface area (Å²) in [5.74, 6) is 0.985. The Morgan fingerprint density at radius 1 is 1.00 bits per heavy atom. The first-order valence-electron chi connectivity index (χ1n) is 8.21. The summed E-state index contributed by atoms with van der Waals surface area (Å²) in [5, 5.41) is 0. The number of rotatable bonds is 7. The Balaban J connectivity index is 1.66. The van der Waals surface area contributed by atoms with Crippen LogP contribution in [0.3, 0.4) is 0 Å². The van der Waals surface area contributed by atoms with E-state index in [-0.39, 0.29) is 5.41 Å². The molecule has 1 aliphatic rings. The first-order valence-corrected chi connectivity index (χ1v) is 8.21. The molecular formula is C18H30NO2+. The van der Waals surface area contributed by atoms with Gasteiger partial charge < -0.3 is 14.4 Å². The lowest BCUT2D eigenvalue weighted by molar-refractivity contribution is -0.887. The highest BCUT2D eigenvalue weighted by Crippen LogP contribution is 2.30. The summed E-state index contributed by atoms with van der Waals surface area (Å²) in [6, 6.07) is 8.30. The summed E-state index contributed by atoms with van der Waals surface area (Å²) in [7, 11) is 0. The third-order valence-corrected chi connectivity index (χ3v) is 4.09. The molecule has 1 fully saturated rings. The maximum Gasteiger partial charge on any atom is 0.123 e. The summed E-state index contributed by atoms with van der Waals surface area (Å²) in [6.45, 7) is 12.6. The number of ether oxygens (including phenoxy) is 2. The van der Waals surface area contributed by atoms with Crippen LogP contribution in [0.25, 0.3) is 0 Å². The molecule has 0 saturated carbocycles. The van der Waals surface area contributed by atoms with Gasteiger partial charge in [-0.1, -0.05) is 39.0 Å². The first-order chi connectivity index (χ1) is 10.1. The van der Waals surface area contributed by atoms with Gasteiger partial charge >= 0.3 is 0 Å². The van der Waals surface area contributed by atoms with Crippen LogP contribution in [0.1, 0.15) is 39.2 Å². The number of nitrogens with one attached hydrogen (secondary N) is 1. The highest BCUT2D eigenvalue weighted by Gasteiger charge is 2.18. The number of likely N-dealkylation sites (tertiary alicyclic amines) is 1. The quantitative estimate of drug-likeness (QED) is 0.777. The highest BCUT2D eigenvalue weighted by molar-refractivity contribution is 5.38. The molecule has 1 aromatic rings. The average molecular weight is 292 g/mol. The summed E-state index contributed by atoms with van der Waals surface area (Å²) < 4.78 is 11.6. The van der Waals surface area contributed by atoms with Crippen molar-refractivity contribution in [1.29, 1.82) is 0 Å². The van der Waals surface area contributed by atoms with Gasteiger partial charge in [0.25, 0.3) is 0 Å². The average Bonchev–Trinajstić information content (AvgIpc) is 2.95. The molecule has 0 atom stereocenters. The molecule has 1 heterocycles. The molecule has 1 aromatic carbocycles. The van der Waals surface area contributed by atoms with E-state index in [0.29, 0.717) is 13.2 Å². The maximum atomic E-state index is 5.90. The normalized spacial score (nSPS) is 16.3. The van der Waals surface area contributed by atoms with Crippen molar-refractivity contribution in [2.75, 3.05) is 39.5 Å². The first kappa shape index (κ1) is 16.3. The smallest absolute Gasteiger partial charge is 0.123 e. The van der Waals surface area contributed by atoms with Crippen LogP contribution in [-0.2, 0) is 10.2 Å². The summed E-state index contributed by atoms with van der Waals surface area (Å²) >= 11 is 0. The number of benzene rings is 1. The van der Waals surface area contributed by atoms with Crippen LogP contribution in [0, 0.1) is 0 Å². The minimum absolute atomic E-state index is 0.108. The molecule has 0 spiro atoms. The molecule has 3 heteroatoms. The zero-order chi connectivity index (χ0) is 15.1. The predicted octanol–water partition coefficient (Wildman–Crippen LogP) is 2.06. The second-order valence-electron chi connectivity index (χ2n) is 6.91. The Labute approximate surface area is 129 Å². The minimum atomic E-state index is 0.108. The minimum Gasteiger partial charge on any atom is -0.491 e. The number of hydrogen-bond acceptors (Lipinski definition) is 2. The van der Waals surface area contributed by atoms with Crippen molar-refractivity contribution in [2.24, 2.45) is 0 Å². The van der Waals surface area contributed by atoms with Crippen molar-refractivity contribution in [3.63, 3.8) is 0 Å². The van der Waals surface area contributed by atoms with Crippen molar-refractivity contribution in [1.82, 2.24) is 0 Å². The van der Waals surface area contributed by atoms with Crippen molar-refractivity contribution >= 4 is 0 Å². The van der Waals surface area contributed by atoms with Crippen LogP contribution in [0.15, 0.2) is 24.3 Å². The van der Waals surface area contributed by atoms with Gasteiger partial charge in [0.05, 0.1) is 26.3 Å². The van der Waals surface area contributed by atoms with Crippen LogP contribution >= 0.6 is 0 Å². The summed E-state index contributed by atoms with van der Waals surface area (Å²) in [6.07, 6.45) is 2.75. The number of quaternary nitrogens is 1. The fourth-order valence-corrected chi connectivity index (χ4v) is 2.87. The van der Waals surface area contributed by atoms with Gasteiger partial charge in [0.2, 0.25) is 0 Å². The van der Waals surface area contributed by atoms with Crippen LogP contribution in [0.4, 0.5) is 0 Å². The second kappa shape index (κ2) is 7.81. The Morgan fingerprint density at radius 2 is 1.71 bits per heavy atom. The molecule has 0 bridgehead atoms. The van der Waals surface area contributed by atoms with E-state index in [1.165, 1.54) is 31.5 Å². The molecule has 1 N–H and O–H groups in total. The molecule has 21 heavy (non-hydrogen) atoms. The van der Waals surface area contributed by atoms with Crippen molar-refractivity contribution in [2.45, 2.75) is 39.0 Å². The second-order valence-corrected chi connectivity index (χ2v) is 6.91. The molecule has 0 radical (unpaired) electrons. The third kappa shape index (κ3) is 5.33. The molecular weight excluding hydrogens is 262 g/mol. The van der Waals surface area contributed by atoms with E-state index in [1.807, 2.05) is 6.07 Å². The highest BCUT2D eigenvalue weighted by atomic mass is 16.5. The van der Waals surface area contributed by atoms with E-state index in [4.69, 9.17) is 9.47 Å². The molecule has 0 aliphatic carbocycles. The van der Waals surface area contributed by atoms with Gasteiger partial charge in [-0.15, -0.1) is 0 Å². The van der Waals surface area contributed by atoms with Crippen molar-refractivity contribution in [3.8, 4) is 5.75 Å². The van der Waals surface area contributed by atoms with Crippen molar-refractivity contribution in [3.05, 3.63) is 29.8 Å². The zero-order valence-corrected chi connectivity index (χ0v) is 13.8. The lowest BCUT2D eigenvalue weighted by atomic mass is 9.86. The molecule has 2 rings (SSSR count). The molecule has 1 saturated heterocycles. The monoisotopic (exact) mass is 292 g/mol. The van der Waals surface area contributed by atoms with E-state index in [9.17, 15) is 0 Å². The molecule has 118 valence electrons. The molecule has 0 unspecified atom stereocenters. The lowest BCUT2D eigenvalue weighted by Crippen LogP contribution is -3.10. The summed E-state index contributed by atoms with van der Waals surface area (Å²) in [5.41, 5.74) is 1.36. The third-order valence-electron chi connectivity index (χ3n) is 4.09. The largest absolute Gasteiger partial charge is 0.491 e. The number of hydrogen-bond donors (Lipinski definition) is 1. The van der Waals surface area contributed by atoms with Crippen LogP contribution in [0.5, 0.6) is 5.75 Å². The van der Waals surface area contributed by atoms with E-state index in [0.717, 1.165) is 18.9 Å². The van der Waals surface area contributed by atoms with Gasteiger partial charge in [-0.25, -0.2) is 0 Å². The number of para-hydroxylation sites is 1. The SMILES string of the molecule is CC(C)(C)c1ccccc1OCCOCC[NH+]1CCCC1. The van der Waals surface area contributed by atoms with Crippen LogP contribution in [-0.4, -0.2) is 39.5 Å². The summed E-state index contributed by atoms with van der Waals surface area (Å²) in [4.78, 5) is 1.69. The Hall–Kier alpha value is -1.06. The van der Waals surface area contributed by atoms with Crippen LogP contribution in [0.2, 0.25) is 0 Å². The molecule has 0 amide bonds. The Kier molecular flexibility index (Phi) is 6.07. The zero-order valence-electron chi connectivity index (χ0n) is 13.8. The van der Waals surface area contributed by atoms with Gasteiger partial charge in [-0.2, -0.15) is 0 Å². The molecule has 0 aromatic heterocycles. The van der Waals surface area contributed by atoms with Gasteiger partial charge in [0, 0.05) is 12.8 Å². The molecule has 3 nitrogen and oxygen atoms in total. The van der Waals surface area contributed by atoms with E-state index in [2.05, 4.69) is 39.0 Å². The fourth-order valence-electron chi connectivity index (χ4n) is 2.87. The predicted molar refractivity (Wildman–Crippen MR) is 86.3 cm³/mol. The van der Waals surface area contributed by atoms with Gasteiger partial charge in [0.1, 0.15) is 18.9 Å². The maximum absolute atomic E-state index is 5.90.